The number of rotatable bonds is 2. The number of carbonyl (C=O) groups is 1. The van der Waals surface area contributed by atoms with Gasteiger partial charge in [0.05, 0.1) is 0 Å². The Morgan fingerprint density at radius 1 is 1.40 bits per heavy atom. The molecule has 0 spiro atoms. The summed E-state index contributed by atoms with van der Waals surface area (Å²) in [5.41, 5.74) is 3.13. The van der Waals surface area contributed by atoms with Gasteiger partial charge in [0, 0.05) is 45.3 Å². The van der Waals surface area contributed by atoms with Gasteiger partial charge < -0.3 is 4.98 Å². The first-order valence-electron chi connectivity index (χ1n) is 4.90. The third-order valence-corrected chi connectivity index (χ3v) is 3.19. The topological polar surface area (TPSA) is 32.9 Å². The van der Waals surface area contributed by atoms with Crippen LogP contribution in [0.3, 0.4) is 0 Å². The summed E-state index contributed by atoms with van der Waals surface area (Å²) in [6.45, 7) is 4.31. The normalized spacial score (nSPS) is 11.2. The van der Waals surface area contributed by atoms with Gasteiger partial charge >= 0.3 is 0 Å². The van der Waals surface area contributed by atoms with Crippen molar-refractivity contribution >= 4 is 37.3 Å². The number of aromatic amines is 1. The van der Waals surface area contributed by atoms with E-state index in [9.17, 15) is 4.79 Å². The van der Waals surface area contributed by atoms with Crippen LogP contribution in [0.4, 0.5) is 0 Å². The molecule has 1 aromatic heterocycles. The van der Waals surface area contributed by atoms with Crippen molar-refractivity contribution < 1.29 is 4.79 Å². The van der Waals surface area contributed by atoms with Gasteiger partial charge in [0.1, 0.15) is 0 Å². The zero-order valence-corrected chi connectivity index (χ0v) is 10.8. The highest BCUT2D eigenvalue weighted by molar-refractivity contribution is 14.1. The number of nitrogens with one attached hydrogen (secondary N) is 1. The smallest absolute Gasteiger partial charge is 0.222 e. The first-order valence-corrected chi connectivity index (χ1v) is 5.98. The van der Waals surface area contributed by atoms with E-state index in [1.165, 1.54) is 5.56 Å². The van der Waals surface area contributed by atoms with Gasteiger partial charge in [0.25, 0.3) is 0 Å². The molecule has 3 heteroatoms. The second-order valence-electron chi connectivity index (χ2n) is 3.93. The number of hydrogen-bond donors (Lipinski definition) is 1. The average Bonchev–Trinajstić information content (AvgIpc) is 2.59. The summed E-state index contributed by atoms with van der Waals surface area (Å²) in [4.78, 5) is 14.5. The van der Waals surface area contributed by atoms with Crippen molar-refractivity contribution in [1.29, 1.82) is 0 Å². The van der Waals surface area contributed by atoms with Gasteiger partial charge in [-0.3, -0.25) is 4.79 Å². The standard InChI is InChI=1S/C12H12INO/c1-7(2)10-6-14-11-4-3-8(12(13)15)5-9(10)11/h3-7,14H,1-2H3. The monoisotopic (exact) mass is 313 g/mol. The molecule has 1 N–H and O–H groups in total. The maximum absolute atomic E-state index is 11.3. The highest BCUT2D eigenvalue weighted by Gasteiger charge is 2.09. The Bertz CT molecular complexity index is 513. The number of aromatic nitrogens is 1. The van der Waals surface area contributed by atoms with E-state index in [0.717, 1.165) is 16.5 Å². The molecule has 0 bridgehead atoms. The van der Waals surface area contributed by atoms with Crippen molar-refractivity contribution in [3.05, 3.63) is 35.5 Å². The quantitative estimate of drug-likeness (QED) is 0.663. The van der Waals surface area contributed by atoms with Crippen molar-refractivity contribution in [3.8, 4) is 0 Å². The molecule has 0 aliphatic carbocycles. The third kappa shape index (κ3) is 1.93. The zero-order chi connectivity index (χ0) is 11.0. The maximum atomic E-state index is 11.3. The van der Waals surface area contributed by atoms with Crippen molar-refractivity contribution in [3.63, 3.8) is 0 Å². The molecule has 15 heavy (non-hydrogen) atoms. The van der Waals surface area contributed by atoms with Crippen LogP contribution in [-0.2, 0) is 0 Å². The molecule has 0 amide bonds. The fourth-order valence-electron chi connectivity index (χ4n) is 1.74. The van der Waals surface area contributed by atoms with Crippen LogP contribution in [0, 0.1) is 0 Å². The molecular weight excluding hydrogens is 301 g/mol. The Labute approximate surface area is 102 Å². The molecule has 0 saturated heterocycles. The molecule has 2 nitrogen and oxygen atoms in total. The molecule has 1 aromatic carbocycles. The summed E-state index contributed by atoms with van der Waals surface area (Å²) in [6.07, 6.45) is 2.02. The summed E-state index contributed by atoms with van der Waals surface area (Å²) < 4.78 is 0.0883. The van der Waals surface area contributed by atoms with E-state index in [2.05, 4.69) is 18.8 Å². The lowest BCUT2D eigenvalue weighted by atomic mass is 10.0. The Kier molecular flexibility index (Phi) is 2.82. The average molecular weight is 313 g/mol. The minimum atomic E-state index is 0.0883. The van der Waals surface area contributed by atoms with Crippen LogP contribution in [0.25, 0.3) is 10.9 Å². The fourth-order valence-corrected chi connectivity index (χ4v) is 2.08. The van der Waals surface area contributed by atoms with Gasteiger partial charge in [0.2, 0.25) is 3.79 Å². The number of halogens is 1. The first-order chi connectivity index (χ1) is 7.09. The van der Waals surface area contributed by atoms with E-state index < -0.39 is 0 Å². The van der Waals surface area contributed by atoms with Crippen molar-refractivity contribution in [2.75, 3.05) is 0 Å². The van der Waals surface area contributed by atoms with Gasteiger partial charge in [-0.2, -0.15) is 0 Å². The Morgan fingerprint density at radius 2 is 2.13 bits per heavy atom. The van der Waals surface area contributed by atoms with Gasteiger partial charge in [-0.25, -0.2) is 0 Å². The molecule has 0 radical (unpaired) electrons. The number of hydrogen-bond acceptors (Lipinski definition) is 1. The second-order valence-corrected chi connectivity index (χ2v) is 4.91. The number of H-pyrrole nitrogens is 1. The van der Waals surface area contributed by atoms with Crippen molar-refractivity contribution in [2.24, 2.45) is 0 Å². The SMILES string of the molecule is CC(C)c1c[nH]c2ccc(C(=O)I)cc12. The van der Waals surface area contributed by atoms with Gasteiger partial charge in [0.15, 0.2) is 0 Å². The summed E-state index contributed by atoms with van der Waals surface area (Å²) in [5, 5.41) is 1.16. The Hall–Kier alpha value is -0.840. The Balaban J connectivity index is 2.66. The van der Waals surface area contributed by atoms with Crippen molar-refractivity contribution in [2.45, 2.75) is 19.8 Å². The van der Waals surface area contributed by atoms with Crippen molar-refractivity contribution in [1.82, 2.24) is 4.98 Å². The third-order valence-electron chi connectivity index (χ3n) is 2.56. The van der Waals surface area contributed by atoms with E-state index >= 15 is 0 Å². The molecule has 0 aliphatic heterocycles. The van der Waals surface area contributed by atoms with Crippen LogP contribution in [0.5, 0.6) is 0 Å². The van der Waals surface area contributed by atoms with Crippen LogP contribution >= 0.6 is 22.6 Å². The van der Waals surface area contributed by atoms with Crippen LogP contribution in [0.1, 0.15) is 35.7 Å². The minimum absolute atomic E-state index is 0.0883. The van der Waals surface area contributed by atoms with Gasteiger partial charge in [-0.05, 0) is 29.7 Å². The van der Waals surface area contributed by atoms with E-state index in [1.54, 1.807) is 0 Å². The second kappa shape index (κ2) is 3.96. The molecule has 1 heterocycles. The number of benzene rings is 1. The summed E-state index contributed by atoms with van der Waals surface area (Å²) >= 11 is 1.82. The summed E-state index contributed by atoms with van der Waals surface area (Å²) in [7, 11) is 0. The minimum Gasteiger partial charge on any atom is -0.361 e. The molecule has 2 aromatic rings. The lowest BCUT2D eigenvalue weighted by molar-refractivity contribution is 0.110. The predicted molar refractivity (Wildman–Crippen MR) is 70.7 cm³/mol. The molecule has 78 valence electrons. The molecule has 0 aliphatic rings. The van der Waals surface area contributed by atoms with Crippen LogP contribution in [0.15, 0.2) is 24.4 Å². The van der Waals surface area contributed by atoms with E-state index in [-0.39, 0.29) is 3.79 Å². The summed E-state index contributed by atoms with van der Waals surface area (Å²) in [6, 6.07) is 5.79. The predicted octanol–water partition coefficient (Wildman–Crippen LogP) is 3.87. The highest BCUT2D eigenvalue weighted by atomic mass is 127. The number of carbonyl (C=O) groups excluding carboxylic acids is 1. The molecule has 0 saturated carbocycles. The van der Waals surface area contributed by atoms with Crippen LogP contribution in [0.2, 0.25) is 0 Å². The summed E-state index contributed by atoms with van der Waals surface area (Å²) in [5.74, 6) is 0.471. The molecule has 0 atom stereocenters. The molecular formula is C12H12INO. The lowest BCUT2D eigenvalue weighted by Gasteiger charge is -2.02. The fraction of sp³-hybridized carbons (Fsp3) is 0.250. The number of fused-ring (bicyclic) bond motifs is 1. The largest absolute Gasteiger partial charge is 0.361 e. The molecule has 0 fully saturated rings. The molecule has 0 unspecified atom stereocenters. The zero-order valence-electron chi connectivity index (χ0n) is 8.67. The Morgan fingerprint density at radius 3 is 2.73 bits per heavy atom. The van der Waals surface area contributed by atoms with E-state index in [1.807, 2.05) is 47.0 Å². The van der Waals surface area contributed by atoms with Gasteiger partial charge in [-0.15, -0.1) is 0 Å². The maximum Gasteiger partial charge on any atom is 0.222 e. The first kappa shape index (κ1) is 10.7. The van der Waals surface area contributed by atoms with Crippen LogP contribution in [-0.4, -0.2) is 8.77 Å². The van der Waals surface area contributed by atoms with E-state index in [0.29, 0.717) is 5.92 Å². The van der Waals surface area contributed by atoms with Gasteiger partial charge in [-0.1, -0.05) is 13.8 Å². The lowest BCUT2D eigenvalue weighted by Crippen LogP contribution is -1.88. The van der Waals surface area contributed by atoms with Crippen LogP contribution < -0.4 is 0 Å². The highest BCUT2D eigenvalue weighted by Crippen LogP contribution is 2.26. The van der Waals surface area contributed by atoms with E-state index in [4.69, 9.17) is 0 Å². The molecule has 2 rings (SSSR count).